The van der Waals surface area contributed by atoms with Crippen molar-refractivity contribution in [2.45, 2.75) is 37.8 Å². The molecule has 0 aliphatic heterocycles. The summed E-state index contributed by atoms with van der Waals surface area (Å²) in [4.78, 5) is 9.01. The Hall–Kier alpha value is -2.38. The molecule has 0 amide bonds. The fraction of sp³-hybridized carbons (Fsp3) is 0.500. The molecule has 1 fully saturated rings. The Balaban J connectivity index is 1.67. The molecule has 3 rings (SSSR count). The first kappa shape index (κ1) is 12.6. The third-order valence-corrected chi connectivity index (χ3v) is 3.20. The third kappa shape index (κ3) is 3.14. The largest absolute Gasteiger partial charge is 0.423 e. The van der Waals surface area contributed by atoms with Crippen LogP contribution in [0.4, 0.5) is 0 Å². The maximum Gasteiger partial charge on any atom is 0.258 e. The van der Waals surface area contributed by atoms with E-state index < -0.39 is 0 Å². The van der Waals surface area contributed by atoms with Crippen molar-refractivity contribution in [2.24, 2.45) is 9.98 Å². The van der Waals surface area contributed by atoms with Gasteiger partial charge in [-0.15, -0.1) is 20.4 Å². The summed E-state index contributed by atoms with van der Waals surface area (Å²) in [5.74, 6) is 0.824. The lowest BCUT2D eigenvalue weighted by Gasteiger charge is -2.25. The summed E-state index contributed by atoms with van der Waals surface area (Å²) in [6.07, 6.45) is 10.1. The van der Waals surface area contributed by atoms with Crippen LogP contribution < -0.4 is 0 Å². The second kappa shape index (κ2) is 6.18. The van der Waals surface area contributed by atoms with E-state index in [0.717, 1.165) is 25.7 Å². The Bertz CT molecular complexity index is 511. The number of rotatable bonds is 4. The van der Waals surface area contributed by atoms with Crippen molar-refractivity contribution in [3.8, 4) is 0 Å². The molecule has 2 aromatic rings. The Morgan fingerprint density at radius 2 is 1.40 bits per heavy atom. The Labute approximate surface area is 115 Å². The highest BCUT2D eigenvalue weighted by molar-refractivity contribution is 5.74. The fourth-order valence-corrected chi connectivity index (χ4v) is 2.23. The quantitative estimate of drug-likeness (QED) is 0.778. The lowest BCUT2D eigenvalue weighted by molar-refractivity contribution is 0.389. The fourth-order valence-electron chi connectivity index (χ4n) is 2.23. The van der Waals surface area contributed by atoms with E-state index in [2.05, 4.69) is 30.4 Å². The maximum absolute atomic E-state index is 5.04. The zero-order valence-electron chi connectivity index (χ0n) is 10.8. The van der Waals surface area contributed by atoms with Crippen LogP contribution in [0.2, 0.25) is 0 Å². The summed E-state index contributed by atoms with van der Waals surface area (Å²) >= 11 is 0. The molecular weight excluding hydrogens is 260 g/mol. The van der Waals surface area contributed by atoms with Crippen LogP contribution in [-0.2, 0) is 0 Å². The molecule has 104 valence electrons. The highest BCUT2D eigenvalue weighted by atomic mass is 16.4. The second-order valence-electron chi connectivity index (χ2n) is 4.53. The van der Waals surface area contributed by atoms with Gasteiger partial charge in [0.15, 0.2) is 0 Å². The molecule has 2 aromatic heterocycles. The van der Waals surface area contributed by atoms with Gasteiger partial charge in [0.2, 0.25) is 12.8 Å². The first-order valence-electron chi connectivity index (χ1n) is 6.50. The molecule has 20 heavy (non-hydrogen) atoms. The zero-order valence-corrected chi connectivity index (χ0v) is 10.8. The van der Waals surface area contributed by atoms with Crippen molar-refractivity contribution < 1.29 is 8.83 Å². The molecule has 2 heterocycles. The van der Waals surface area contributed by atoms with Crippen LogP contribution in [-0.4, -0.2) is 44.9 Å². The number of aromatic nitrogens is 4. The van der Waals surface area contributed by atoms with Crippen molar-refractivity contribution in [1.82, 2.24) is 20.4 Å². The predicted molar refractivity (Wildman–Crippen MR) is 69.8 cm³/mol. The SMILES string of the molecule is C(=NC1CCCCC1N=Cc1nnco1)c1nnco1. The van der Waals surface area contributed by atoms with Gasteiger partial charge in [0.1, 0.15) is 0 Å². The molecule has 0 saturated heterocycles. The topological polar surface area (TPSA) is 103 Å². The molecule has 8 nitrogen and oxygen atoms in total. The van der Waals surface area contributed by atoms with Crippen LogP contribution in [0.3, 0.4) is 0 Å². The van der Waals surface area contributed by atoms with E-state index in [4.69, 9.17) is 8.83 Å². The molecule has 8 heteroatoms. The average molecular weight is 274 g/mol. The van der Waals surface area contributed by atoms with Gasteiger partial charge in [-0.05, 0) is 12.8 Å². The molecule has 0 aromatic carbocycles. The van der Waals surface area contributed by atoms with E-state index >= 15 is 0 Å². The van der Waals surface area contributed by atoms with Gasteiger partial charge >= 0.3 is 0 Å². The van der Waals surface area contributed by atoms with Gasteiger partial charge in [-0.2, -0.15) is 0 Å². The minimum atomic E-state index is 0.120. The van der Waals surface area contributed by atoms with Crippen LogP contribution in [0.25, 0.3) is 0 Å². The van der Waals surface area contributed by atoms with Crippen LogP contribution >= 0.6 is 0 Å². The van der Waals surface area contributed by atoms with Crippen LogP contribution in [0.1, 0.15) is 37.5 Å². The van der Waals surface area contributed by atoms with Crippen LogP contribution in [0.5, 0.6) is 0 Å². The highest BCUT2D eigenvalue weighted by Gasteiger charge is 2.23. The monoisotopic (exact) mass is 274 g/mol. The summed E-state index contributed by atoms with van der Waals surface area (Å²) in [5.41, 5.74) is 0. The molecule has 2 atom stereocenters. The molecule has 1 aliphatic carbocycles. The van der Waals surface area contributed by atoms with Crippen LogP contribution in [0.15, 0.2) is 31.6 Å². The summed E-state index contributed by atoms with van der Waals surface area (Å²) in [5, 5.41) is 14.8. The predicted octanol–water partition coefficient (Wildman–Crippen LogP) is 1.30. The summed E-state index contributed by atoms with van der Waals surface area (Å²) in [6, 6.07) is 0.240. The summed E-state index contributed by atoms with van der Waals surface area (Å²) in [7, 11) is 0. The number of aliphatic imine (C=N–C) groups is 2. The highest BCUT2D eigenvalue weighted by Crippen LogP contribution is 2.23. The number of hydrogen-bond acceptors (Lipinski definition) is 8. The third-order valence-electron chi connectivity index (χ3n) is 3.20. The van der Waals surface area contributed by atoms with Crippen LogP contribution in [0, 0.1) is 0 Å². The van der Waals surface area contributed by atoms with E-state index in [1.807, 2.05) is 0 Å². The molecular formula is C12H14N6O2. The normalized spacial score (nSPS) is 23.8. The van der Waals surface area contributed by atoms with Gasteiger partial charge in [-0.1, -0.05) is 12.8 Å². The van der Waals surface area contributed by atoms with Crippen molar-refractivity contribution >= 4 is 12.4 Å². The van der Waals surface area contributed by atoms with Gasteiger partial charge in [0, 0.05) is 0 Å². The lowest BCUT2D eigenvalue weighted by atomic mass is 9.91. The van der Waals surface area contributed by atoms with E-state index in [1.54, 1.807) is 12.4 Å². The molecule has 0 bridgehead atoms. The van der Waals surface area contributed by atoms with Gasteiger partial charge in [0.05, 0.1) is 24.5 Å². The molecule has 0 spiro atoms. The first-order valence-corrected chi connectivity index (χ1v) is 6.50. The van der Waals surface area contributed by atoms with Crippen molar-refractivity contribution in [3.05, 3.63) is 24.6 Å². The minimum absolute atomic E-state index is 0.120. The Morgan fingerprint density at radius 3 is 1.80 bits per heavy atom. The van der Waals surface area contributed by atoms with E-state index in [9.17, 15) is 0 Å². The minimum Gasteiger partial charge on any atom is -0.423 e. The number of hydrogen-bond donors (Lipinski definition) is 0. The standard InChI is InChI=1S/C12H14N6O2/c1-2-4-10(14-6-12-18-16-8-20-12)9(3-1)13-5-11-17-15-7-19-11/h5-10H,1-4H2. The van der Waals surface area contributed by atoms with Gasteiger partial charge < -0.3 is 8.83 Å². The Kier molecular flexibility index (Phi) is 3.91. The smallest absolute Gasteiger partial charge is 0.258 e. The molecule has 0 radical (unpaired) electrons. The maximum atomic E-state index is 5.04. The van der Waals surface area contributed by atoms with E-state index in [1.165, 1.54) is 12.8 Å². The van der Waals surface area contributed by atoms with Gasteiger partial charge in [0.25, 0.3) is 11.8 Å². The average Bonchev–Trinajstić information content (AvgIpc) is 3.17. The molecule has 2 unspecified atom stereocenters. The van der Waals surface area contributed by atoms with Crippen molar-refractivity contribution in [3.63, 3.8) is 0 Å². The second-order valence-corrected chi connectivity index (χ2v) is 4.53. The molecule has 1 aliphatic rings. The molecule has 0 N–H and O–H groups in total. The van der Waals surface area contributed by atoms with E-state index in [0.29, 0.717) is 11.8 Å². The summed E-state index contributed by atoms with van der Waals surface area (Å²) in [6.45, 7) is 0. The first-order chi connectivity index (χ1) is 9.92. The van der Waals surface area contributed by atoms with Crippen molar-refractivity contribution in [2.75, 3.05) is 0 Å². The lowest BCUT2D eigenvalue weighted by Crippen LogP contribution is -2.27. The van der Waals surface area contributed by atoms with E-state index in [-0.39, 0.29) is 12.1 Å². The number of nitrogens with zero attached hydrogens (tertiary/aromatic N) is 6. The summed E-state index contributed by atoms with van der Waals surface area (Å²) < 4.78 is 10.1. The molecule has 1 saturated carbocycles. The van der Waals surface area contributed by atoms with Gasteiger partial charge in [-0.3, -0.25) is 9.98 Å². The Morgan fingerprint density at radius 1 is 0.900 bits per heavy atom. The van der Waals surface area contributed by atoms with Gasteiger partial charge in [-0.25, -0.2) is 0 Å². The van der Waals surface area contributed by atoms with Crippen molar-refractivity contribution in [1.29, 1.82) is 0 Å². The zero-order chi connectivity index (χ0) is 13.6.